The van der Waals surface area contributed by atoms with Gasteiger partial charge in [0.1, 0.15) is 5.70 Å². The van der Waals surface area contributed by atoms with Crippen molar-refractivity contribution in [2.75, 3.05) is 0 Å². The Hall–Kier alpha value is -2.34. The van der Waals surface area contributed by atoms with Crippen LogP contribution >= 0.6 is 0 Å². The maximum absolute atomic E-state index is 11.1. The van der Waals surface area contributed by atoms with E-state index in [4.69, 9.17) is 5.73 Å². The number of nitrogens with two attached hydrogens (primary N) is 1. The molecule has 1 atom stereocenters. The highest BCUT2D eigenvalue weighted by Gasteiger charge is 2.34. The van der Waals surface area contributed by atoms with E-state index >= 15 is 0 Å². The summed E-state index contributed by atoms with van der Waals surface area (Å²) < 4.78 is 0. The highest BCUT2D eigenvalue weighted by Crippen LogP contribution is 2.24. The van der Waals surface area contributed by atoms with Crippen molar-refractivity contribution in [3.8, 4) is 0 Å². The molecule has 6 nitrogen and oxygen atoms in total. The quantitative estimate of drug-likeness (QED) is 0.591. The maximum Gasteiger partial charge on any atom is 0.268 e. The van der Waals surface area contributed by atoms with E-state index in [0.29, 0.717) is 5.56 Å². The first-order chi connectivity index (χ1) is 8.42. The Morgan fingerprint density at radius 3 is 2.83 bits per heavy atom. The standard InChI is InChI=1S/C12H13N3O3/c1-7-3-2-4-8(5-7)12(18)14-6-9(16)10(15-12)11(13)17/h2-6,15-16,18H,1H3,(H2,13,17). The van der Waals surface area contributed by atoms with Gasteiger partial charge in [0, 0.05) is 5.56 Å². The molecule has 1 amide bonds. The van der Waals surface area contributed by atoms with E-state index in [9.17, 15) is 15.0 Å². The molecule has 0 aliphatic carbocycles. The Morgan fingerprint density at radius 2 is 2.22 bits per heavy atom. The second-order valence-electron chi connectivity index (χ2n) is 4.05. The molecule has 0 bridgehead atoms. The average Bonchev–Trinajstić information content (AvgIpc) is 2.32. The van der Waals surface area contributed by atoms with E-state index in [1.165, 1.54) is 0 Å². The summed E-state index contributed by atoms with van der Waals surface area (Å²) in [5.74, 6) is -3.08. The smallest absolute Gasteiger partial charge is 0.268 e. The van der Waals surface area contributed by atoms with E-state index < -0.39 is 17.5 Å². The van der Waals surface area contributed by atoms with Crippen molar-refractivity contribution < 1.29 is 15.0 Å². The van der Waals surface area contributed by atoms with Gasteiger partial charge in [-0.1, -0.05) is 23.8 Å². The molecule has 0 saturated heterocycles. The first kappa shape index (κ1) is 12.1. The van der Waals surface area contributed by atoms with Gasteiger partial charge in [0.25, 0.3) is 11.8 Å². The zero-order valence-corrected chi connectivity index (χ0v) is 9.71. The molecule has 0 spiro atoms. The van der Waals surface area contributed by atoms with Gasteiger partial charge in [0.05, 0.1) is 6.21 Å². The number of aryl methyl sites for hydroxylation is 1. The maximum atomic E-state index is 11.1. The first-order valence-electron chi connectivity index (χ1n) is 5.28. The second-order valence-corrected chi connectivity index (χ2v) is 4.05. The minimum atomic E-state index is -1.80. The fraction of sp³-hybridized carbons (Fsp3) is 0.167. The third kappa shape index (κ3) is 2.05. The van der Waals surface area contributed by atoms with Crippen LogP contribution in [0, 0.1) is 6.92 Å². The molecular formula is C12H13N3O3. The van der Waals surface area contributed by atoms with Gasteiger partial charge in [-0.3, -0.25) is 4.79 Å². The van der Waals surface area contributed by atoms with Crippen LogP contribution in [0.1, 0.15) is 11.1 Å². The summed E-state index contributed by atoms with van der Waals surface area (Å²) in [4.78, 5) is 14.9. The molecule has 18 heavy (non-hydrogen) atoms. The van der Waals surface area contributed by atoms with E-state index in [1.807, 2.05) is 13.0 Å². The number of hydrogen-bond acceptors (Lipinski definition) is 5. The molecule has 1 aromatic rings. The lowest BCUT2D eigenvalue weighted by Gasteiger charge is -2.29. The van der Waals surface area contributed by atoms with E-state index in [1.54, 1.807) is 18.2 Å². The Balaban J connectivity index is 2.42. The van der Waals surface area contributed by atoms with Gasteiger partial charge in [0.2, 0.25) is 0 Å². The number of carbonyl (C=O) groups is 1. The third-order valence-electron chi connectivity index (χ3n) is 2.60. The van der Waals surface area contributed by atoms with Gasteiger partial charge in [0.15, 0.2) is 5.76 Å². The number of allylic oxidation sites excluding steroid dienone is 1. The molecule has 94 valence electrons. The molecule has 1 aliphatic heterocycles. The number of aliphatic hydroxyl groups is 2. The molecule has 2 rings (SSSR count). The molecule has 1 aromatic carbocycles. The molecule has 6 heteroatoms. The van der Waals surface area contributed by atoms with E-state index in [0.717, 1.165) is 11.8 Å². The summed E-state index contributed by atoms with van der Waals surface area (Å²) in [5.41, 5.74) is 6.20. The highest BCUT2D eigenvalue weighted by molar-refractivity contribution is 5.98. The van der Waals surface area contributed by atoms with Crippen LogP contribution in [0.15, 0.2) is 40.7 Å². The molecule has 0 saturated carbocycles. The topological polar surface area (TPSA) is 108 Å². The minimum absolute atomic E-state index is 0.269. The highest BCUT2D eigenvalue weighted by atomic mass is 16.3. The number of benzene rings is 1. The fourth-order valence-electron chi connectivity index (χ4n) is 1.69. The SMILES string of the molecule is Cc1cccc(C2(O)N=CC(O)=C(C(N)=O)N2)c1. The molecule has 0 radical (unpaired) electrons. The summed E-state index contributed by atoms with van der Waals surface area (Å²) in [6.07, 6.45) is 0.999. The Kier molecular flexibility index (Phi) is 2.80. The number of nitrogens with zero attached hydrogens (tertiary/aromatic N) is 1. The Labute approximate surface area is 103 Å². The lowest BCUT2D eigenvalue weighted by atomic mass is 10.1. The minimum Gasteiger partial charge on any atom is -0.504 e. The van der Waals surface area contributed by atoms with Crippen molar-refractivity contribution in [2.24, 2.45) is 10.7 Å². The lowest BCUT2D eigenvalue weighted by Crippen LogP contribution is -2.46. The molecule has 1 heterocycles. The predicted octanol–water partition coefficient (Wildman–Crippen LogP) is 0.0265. The predicted molar refractivity (Wildman–Crippen MR) is 65.6 cm³/mol. The van der Waals surface area contributed by atoms with Gasteiger partial charge < -0.3 is 21.3 Å². The number of amides is 1. The Morgan fingerprint density at radius 1 is 1.50 bits per heavy atom. The molecule has 0 aromatic heterocycles. The largest absolute Gasteiger partial charge is 0.504 e. The number of rotatable bonds is 2. The van der Waals surface area contributed by atoms with Gasteiger partial charge in [-0.15, -0.1) is 0 Å². The number of nitrogens with one attached hydrogen (secondary N) is 1. The number of primary amides is 1. The van der Waals surface area contributed by atoms with Crippen LogP contribution in [0.3, 0.4) is 0 Å². The lowest BCUT2D eigenvalue weighted by molar-refractivity contribution is -0.116. The van der Waals surface area contributed by atoms with E-state index in [-0.39, 0.29) is 5.70 Å². The third-order valence-corrected chi connectivity index (χ3v) is 2.60. The summed E-state index contributed by atoms with van der Waals surface area (Å²) in [5, 5.41) is 22.2. The van der Waals surface area contributed by atoms with Crippen molar-refractivity contribution in [3.05, 3.63) is 46.8 Å². The van der Waals surface area contributed by atoms with Crippen molar-refractivity contribution in [1.29, 1.82) is 0 Å². The van der Waals surface area contributed by atoms with Crippen molar-refractivity contribution >= 4 is 12.1 Å². The van der Waals surface area contributed by atoms with Crippen LogP contribution < -0.4 is 11.1 Å². The number of carbonyl (C=O) groups excluding carboxylic acids is 1. The van der Waals surface area contributed by atoms with Gasteiger partial charge in [-0.2, -0.15) is 0 Å². The van der Waals surface area contributed by atoms with Crippen LogP contribution in [0.4, 0.5) is 0 Å². The summed E-state index contributed by atoms with van der Waals surface area (Å²) >= 11 is 0. The van der Waals surface area contributed by atoms with Crippen molar-refractivity contribution in [3.63, 3.8) is 0 Å². The first-order valence-corrected chi connectivity index (χ1v) is 5.28. The molecule has 0 fully saturated rings. The number of hydrogen-bond donors (Lipinski definition) is 4. The van der Waals surface area contributed by atoms with Crippen LogP contribution in [0.25, 0.3) is 0 Å². The van der Waals surface area contributed by atoms with Gasteiger partial charge in [-0.05, 0) is 13.0 Å². The number of aliphatic imine (C=N–C) groups is 1. The second kappa shape index (κ2) is 4.15. The average molecular weight is 247 g/mol. The Bertz CT molecular complexity index is 565. The summed E-state index contributed by atoms with van der Waals surface area (Å²) in [6, 6.07) is 6.98. The zero-order valence-electron chi connectivity index (χ0n) is 9.71. The van der Waals surface area contributed by atoms with Crippen molar-refractivity contribution in [1.82, 2.24) is 5.32 Å². The van der Waals surface area contributed by atoms with Gasteiger partial charge >= 0.3 is 0 Å². The normalized spacial score (nSPS) is 22.8. The summed E-state index contributed by atoms with van der Waals surface area (Å²) in [6.45, 7) is 1.86. The molecular weight excluding hydrogens is 234 g/mol. The van der Waals surface area contributed by atoms with Crippen LogP contribution in [0.5, 0.6) is 0 Å². The van der Waals surface area contributed by atoms with Crippen LogP contribution in [-0.2, 0) is 10.6 Å². The molecule has 1 aliphatic rings. The monoisotopic (exact) mass is 247 g/mol. The van der Waals surface area contributed by atoms with Gasteiger partial charge in [-0.25, -0.2) is 4.99 Å². The van der Waals surface area contributed by atoms with Crippen molar-refractivity contribution in [2.45, 2.75) is 12.8 Å². The van der Waals surface area contributed by atoms with Crippen LogP contribution in [-0.4, -0.2) is 22.3 Å². The van der Waals surface area contributed by atoms with E-state index in [2.05, 4.69) is 10.3 Å². The molecule has 5 N–H and O–H groups in total. The zero-order chi connectivity index (χ0) is 13.3. The summed E-state index contributed by atoms with van der Waals surface area (Å²) in [7, 11) is 0. The molecule has 1 unspecified atom stereocenters. The fourth-order valence-corrected chi connectivity index (χ4v) is 1.69. The van der Waals surface area contributed by atoms with Crippen LogP contribution in [0.2, 0.25) is 0 Å². The number of aliphatic hydroxyl groups excluding tert-OH is 1.